The van der Waals surface area contributed by atoms with Crippen molar-refractivity contribution in [2.45, 2.75) is 17.4 Å². The van der Waals surface area contributed by atoms with E-state index in [2.05, 4.69) is 35.7 Å². The first-order chi connectivity index (χ1) is 7.38. The topological polar surface area (TPSA) is 9.23 Å². The molecule has 0 amide bonds. The molecule has 1 saturated heterocycles. The normalized spacial score (nSPS) is 17.7. The average molecular weight is 240 g/mol. The zero-order valence-electron chi connectivity index (χ0n) is 8.94. The summed E-state index contributed by atoms with van der Waals surface area (Å²) in [5.74, 6) is 3.60. The molecular weight excluding hydrogens is 224 g/mol. The Morgan fingerprint density at radius 3 is 2.47 bits per heavy atom. The van der Waals surface area contributed by atoms with E-state index in [-0.39, 0.29) is 0 Å². The van der Waals surface area contributed by atoms with Gasteiger partial charge in [0.2, 0.25) is 0 Å². The number of benzene rings is 1. The van der Waals surface area contributed by atoms with Gasteiger partial charge in [0, 0.05) is 0 Å². The molecule has 0 saturated carbocycles. The standard InChI is InChI=1S/C12H16OS2/c1-13-11-5-3-10(4-6-11)9-12-14-7-2-8-15-12/h3-6,12H,2,7-9H2,1H3. The van der Waals surface area contributed by atoms with Crippen LogP contribution in [0, 0.1) is 0 Å². The molecule has 1 aromatic carbocycles. The number of rotatable bonds is 3. The highest BCUT2D eigenvalue weighted by Crippen LogP contribution is 2.33. The summed E-state index contributed by atoms with van der Waals surface area (Å²) >= 11 is 4.20. The van der Waals surface area contributed by atoms with E-state index in [9.17, 15) is 0 Å². The van der Waals surface area contributed by atoms with Gasteiger partial charge in [0.25, 0.3) is 0 Å². The third kappa shape index (κ3) is 3.35. The molecule has 0 atom stereocenters. The van der Waals surface area contributed by atoms with E-state index in [1.54, 1.807) is 7.11 Å². The maximum Gasteiger partial charge on any atom is 0.118 e. The van der Waals surface area contributed by atoms with Crippen LogP contribution in [0.4, 0.5) is 0 Å². The molecule has 1 heterocycles. The van der Waals surface area contributed by atoms with Crippen LogP contribution in [0.3, 0.4) is 0 Å². The van der Waals surface area contributed by atoms with Crippen LogP contribution in [0.5, 0.6) is 5.75 Å². The van der Waals surface area contributed by atoms with Gasteiger partial charge in [-0.1, -0.05) is 12.1 Å². The van der Waals surface area contributed by atoms with E-state index < -0.39 is 0 Å². The Balaban J connectivity index is 1.91. The van der Waals surface area contributed by atoms with Crippen molar-refractivity contribution in [3.8, 4) is 5.75 Å². The summed E-state index contributed by atoms with van der Waals surface area (Å²) < 4.78 is 5.91. The van der Waals surface area contributed by atoms with Crippen LogP contribution in [0.1, 0.15) is 12.0 Å². The molecule has 15 heavy (non-hydrogen) atoms. The van der Waals surface area contributed by atoms with Gasteiger partial charge in [-0.25, -0.2) is 0 Å². The molecule has 0 unspecified atom stereocenters. The molecule has 0 radical (unpaired) electrons. The van der Waals surface area contributed by atoms with Gasteiger partial charge in [0.1, 0.15) is 5.75 Å². The fourth-order valence-electron chi connectivity index (χ4n) is 1.61. The van der Waals surface area contributed by atoms with Gasteiger partial charge in [-0.3, -0.25) is 0 Å². The fraction of sp³-hybridized carbons (Fsp3) is 0.500. The summed E-state index contributed by atoms with van der Waals surface area (Å²) in [5, 5.41) is 0. The van der Waals surface area contributed by atoms with Crippen molar-refractivity contribution in [1.82, 2.24) is 0 Å². The first kappa shape index (κ1) is 11.2. The lowest BCUT2D eigenvalue weighted by atomic mass is 10.2. The van der Waals surface area contributed by atoms with Crippen LogP contribution in [-0.2, 0) is 6.42 Å². The maximum absolute atomic E-state index is 5.15. The van der Waals surface area contributed by atoms with Crippen LogP contribution in [-0.4, -0.2) is 23.2 Å². The number of ether oxygens (including phenoxy) is 1. The van der Waals surface area contributed by atoms with Crippen LogP contribution < -0.4 is 4.74 Å². The molecule has 0 aliphatic carbocycles. The van der Waals surface area contributed by atoms with Crippen LogP contribution in [0.25, 0.3) is 0 Å². The lowest BCUT2D eigenvalue weighted by molar-refractivity contribution is 0.414. The van der Waals surface area contributed by atoms with Crippen molar-refractivity contribution >= 4 is 23.5 Å². The van der Waals surface area contributed by atoms with E-state index in [0.717, 1.165) is 10.3 Å². The number of hydrogen-bond donors (Lipinski definition) is 0. The summed E-state index contributed by atoms with van der Waals surface area (Å²) in [4.78, 5) is 0. The Morgan fingerprint density at radius 1 is 1.20 bits per heavy atom. The van der Waals surface area contributed by atoms with Gasteiger partial charge in [-0.15, -0.1) is 23.5 Å². The average Bonchev–Trinajstić information content (AvgIpc) is 2.31. The molecule has 0 aromatic heterocycles. The lowest BCUT2D eigenvalue weighted by Crippen LogP contribution is -2.09. The first-order valence-corrected chi connectivity index (χ1v) is 7.34. The summed E-state index contributed by atoms with van der Waals surface area (Å²) in [6, 6.07) is 8.45. The second-order valence-electron chi connectivity index (χ2n) is 3.58. The molecule has 1 fully saturated rings. The quantitative estimate of drug-likeness (QED) is 0.801. The molecule has 0 N–H and O–H groups in total. The van der Waals surface area contributed by atoms with Gasteiger partial charge >= 0.3 is 0 Å². The summed E-state index contributed by atoms with van der Waals surface area (Å²) in [7, 11) is 1.71. The number of thioether (sulfide) groups is 2. The van der Waals surface area contributed by atoms with Crippen molar-refractivity contribution < 1.29 is 4.74 Å². The Bertz CT molecular complexity index is 291. The van der Waals surface area contributed by atoms with Crippen LogP contribution in [0.15, 0.2) is 24.3 Å². The molecule has 0 bridgehead atoms. The third-order valence-corrected chi connectivity index (χ3v) is 5.40. The molecule has 0 spiro atoms. The van der Waals surface area contributed by atoms with Gasteiger partial charge in [0.05, 0.1) is 11.7 Å². The van der Waals surface area contributed by atoms with E-state index in [0.29, 0.717) is 0 Å². The Morgan fingerprint density at radius 2 is 1.87 bits per heavy atom. The van der Waals surface area contributed by atoms with Crippen LogP contribution in [0.2, 0.25) is 0 Å². The monoisotopic (exact) mass is 240 g/mol. The summed E-state index contributed by atoms with van der Waals surface area (Å²) in [5.41, 5.74) is 1.42. The third-order valence-electron chi connectivity index (χ3n) is 2.46. The van der Waals surface area contributed by atoms with E-state index in [4.69, 9.17) is 4.74 Å². The molecule has 3 heteroatoms. The van der Waals surface area contributed by atoms with Crippen LogP contribution >= 0.6 is 23.5 Å². The van der Waals surface area contributed by atoms with Crippen molar-refractivity contribution in [3.63, 3.8) is 0 Å². The van der Waals surface area contributed by atoms with Gasteiger partial charge in [-0.2, -0.15) is 0 Å². The highest BCUT2D eigenvalue weighted by molar-refractivity contribution is 8.17. The Hall–Kier alpha value is -0.280. The van der Waals surface area contributed by atoms with Gasteiger partial charge in [0.15, 0.2) is 0 Å². The van der Waals surface area contributed by atoms with Crippen molar-refractivity contribution in [3.05, 3.63) is 29.8 Å². The minimum Gasteiger partial charge on any atom is -0.497 e. The largest absolute Gasteiger partial charge is 0.497 e. The fourth-order valence-corrected chi connectivity index (χ4v) is 4.52. The predicted molar refractivity (Wildman–Crippen MR) is 70.0 cm³/mol. The van der Waals surface area contributed by atoms with E-state index in [1.165, 1.54) is 29.9 Å². The smallest absolute Gasteiger partial charge is 0.118 e. The van der Waals surface area contributed by atoms with Gasteiger partial charge < -0.3 is 4.74 Å². The molecule has 1 aliphatic rings. The molecular formula is C12H16OS2. The highest BCUT2D eigenvalue weighted by atomic mass is 32.2. The molecule has 1 nitrogen and oxygen atoms in total. The van der Waals surface area contributed by atoms with E-state index >= 15 is 0 Å². The van der Waals surface area contributed by atoms with Crippen molar-refractivity contribution in [2.24, 2.45) is 0 Å². The SMILES string of the molecule is COc1ccc(CC2SCCCS2)cc1. The number of methoxy groups -OCH3 is 1. The Kier molecular flexibility index (Phi) is 4.27. The predicted octanol–water partition coefficient (Wildman–Crippen LogP) is 3.43. The van der Waals surface area contributed by atoms with E-state index in [1.807, 2.05) is 12.1 Å². The van der Waals surface area contributed by atoms with Crippen molar-refractivity contribution in [2.75, 3.05) is 18.6 Å². The highest BCUT2D eigenvalue weighted by Gasteiger charge is 2.14. The molecule has 1 aliphatic heterocycles. The van der Waals surface area contributed by atoms with Gasteiger partial charge in [-0.05, 0) is 42.0 Å². The maximum atomic E-state index is 5.15. The second-order valence-corrected chi connectivity index (χ2v) is 6.50. The minimum atomic E-state index is 0.757. The molecule has 2 rings (SSSR count). The lowest BCUT2D eigenvalue weighted by Gasteiger charge is -2.20. The summed E-state index contributed by atoms with van der Waals surface area (Å²) in [6.45, 7) is 0. The number of hydrogen-bond acceptors (Lipinski definition) is 3. The second kappa shape index (κ2) is 5.71. The molecule has 82 valence electrons. The summed E-state index contributed by atoms with van der Waals surface area (Å²) in [6.07, 6.45) is 2.55. The van der Waals surface area contributed by atoms with Crippen molar-refractivity contribution in [1.29, 1.82) is 0 Å². The zero-order valence-corrected chi connectivity index (χ0v) is 10.6. The molecule has 1 aromatic rings. The minimum absolute atomic E-state index is 0.757. The zero-order chi connectivity index (χ0) is 10.5. The Labute approximate surface area is 100.0 Å². The first-order valence-electron chi connectivity index (χ1n) is 5.24.